The van der Waals surface area contributed by atoms with Crippen LogP contribution in [0.1, 0.15) is 17.0 Å². The zero-order valence-corrected chi connectivity index (χ0v) is 15.7. The Labute approximate surface area is 157 Å². The van der Waals surface area contributed by atoms with Gasteiger partial charge in [0.2, 0.25) is 0 Å². The van der Waals surface area contributed by atoms with Crippen molar-refractivity contribution in [2.75, 3.05) is 11.9 Å². The van der Waals surface area contributed by atoms with Crippen LogP contribution in [-0.4, -0.2) is 22.3 Å². The maximum atomic E-state index is 12.3. The van der Waals surface area contributed by atoms with Gasteiger partial charge in [-0.05, 0) is 45.0 Å². The van der Waals surface area contributed by atoms with E-state index in [4.69, 9.17) is 16.3 Å². The van der Waals surface area contributed by atoms with Gasteiger partial charge in [0.05, 0.1) is 27.8 Å². The van der Waals surface area contributed by atoms with Crippen molar-refractivity contribution in [1.82, 2.24) is 9.78 Å². The third kappa shape index (κ3) is 3.89. The second-order valence-corrected chi connectivity index (χ2v) is 6.47. The van der Waals surface area contributed by atoms with Crippen molar-refractivity contribution in [3.8, 4) is 11.4 Å². The molecular weight excluding hydrogens is 350 g/mol. The number of hydrogen-bond acceptors (Lipinski definition) is 3. The molecule has 134 valence electrons. The number of rotatable bonds is 5. The molecule has 26 heavy (non-hydrogen) atoms. The van der Waals surface area contributed by atoms with Gasteiger partial charge in [-0.2, -0.15) is 5.10 Å². The number of amides is 1. The Kier molecular flexibility index (Phi) is 5.28. The lowest BCUT2D eigenvalue weighted by molar-refractivity contribution is -0.118. The maximum absolute atomic E-state index is 12.3. The van der Waals surface area contributed by atoms with Gasteiger partial charge in [0.25, 0.3) is 5.91 Å². The van der Waals surface area contributed by atoms with E-state index in [0.29, 0.717) is 16.5 Å². The van der Waals surface area contributed by atoms with E-state index in [0.717, 1.165) is 17.1 Å². The van der Waals surface area contributed by atoms with Gasteiger partial charge in [-0.25, -0.2) is 4.68 Å². The summed E-state index contributed by atoms with van der Waals surface area (Å²) in [5.41, 5.74) is 4.43. The molecule has 0 radical (unpaired) electrons. The quantitative estimate of drug-likeness (QED) is 0.722. The van der Waals surface area contributed by atoms with E-state index in [9.17, 15) is 4.79 Å². The summed E-state index contributed by atoms with van der Waals surface area (Å²) >= 11 is 6.03. The third-order valence-electron chi connectivity index (χ3n) is 4.03. The van der Waals surface area contributed by atoms with Crippen molar-refractivity contribution in [3.05, 3.63) is 70.5 Å². The van der Waals surface area contributed by atoms with E-state index < -0.39 is 0 Å². The van der Waals surface area contributed by atoms with Crippen molar-refractivity contribution in [1.29, 1.82) is 0 Å². The van der Waals surface area contributed by atoms with Gasteiger partial charge in [-0.15, -0.1) is 0 Å². The zero-order valence-electron chi connectivity index (χ0n) is 14.9. The van der Waals surface area contributed by atoms with Crippen molar-refractivity contribution in [3.63, 3.8) is 0 Å². The normalized spacial score (nSPS) is 10.6. The van der Waals surface area contributed by atoms with E-state index in [1.54, 1.807) is 24.3 Å². The number of carbonyl (C=O) groups is 1. The van der Waals surface area contributed by atoms with Crippen molar-refractivity contribution < 1.29 is 9.53 Å². The first-order chi connectivity index (χ1) is 12.5. The first-order valence-corrected chi connectivity index (χ1v) is 8.64. The number of hydrogen-bond donors (Lipinski definition) is 1. The predicted molar refractivity (Wildman–Crippen MR) is 103 cm³/mol. The van der Waals surface area contributed by atoms with Crippen LogP contribution in [0.5, 0.6) is 5.75 Å². The summed E-state index contributed by atoms with van der Waals surface area (Å²) < 4.78 is 7.30. The second kappa shape index (κ2) is 7.62. The van der Waals surface area contributed by atoms with Crippen molar-refractivity contribution >= 4 is 23.2 Å². The smallest absolute Gasteiger partial charge is 0.262 e. The molecule has 6 heteroatoms. The van der Waals surface area contributed by atoms with Crippen LogP contribution < -0.4 is 10.1 Å². The number of aryl methyl sites for hydroxylation is 2. The Morgan fingerprint density at radius 3 is 2.50 bits per heavy atom. The number of aromatic nitrogens is 2. The van der Waals surface area contributed by atoms with Crippen molar-refractivity contribution in [2.45, 2.75) is 20.8 Å². The molecule has 0 fully saturated rings. The van der Waals surface area contributed by atoms with Gasteiger partial charge in [0.1, 0.15) is 5.75 Å². The lowest BCUT2D eigenvalue weighted by Crippen LogP contribution is -2.21. The number of halogens is 1. The lowest BCUT2D eigenvalue weighted by atomic mass is 10.2. The van der Waals surface area contributed by atoms with Gasteiger partial charge < -0.3 is 10.1 Å². The molecule has 0 aliphatic rings. The van der Waals surface area contributed by atoms with E-state index in [1.807, 2.05) is 49.7 Å². The molecule has 5 nitrogen and oxygen atoms in total. The maximum Gasteiger partial charge on any atom is 0.262 e. The number of carbonyl (C=O) groups excluding carboxylic acids is 1. The molecule has 0 saturated heterocycles. The molecule has 1 heterocycles. The summed E-state index contributed by atoms with van der Waals surface area (Å²) in [5, 5.41) is 7.89. The van der Waals surface area contributed by atoms with Crippen LogP contribution >= 0.6 is 11.6 Å². The molecule has 0 unspecified atom stereocenters. The summed E-state index contributed by atoms with van der Waals surface area (Å²) in [6.45, 7) is 5.70. The van der Waals surface area contributed by atoms with Crippen LogP contribution in [0.4, 0.5) is 5.69 Å². The zero-order chi connectivity index (χ0) is 18.7. The topological polar surface area (TPSA) is 56.2 Å². The van der Waals surface area contributed by atoms with Crippen molar-refractivity contribution in [2.24, 2.45) is 0 Å². The van der Waals surface area contributed by atoms with Gasteiger partial charge in [-0.3, -0.25) is 4.79 Å². The summed E-state index contributed by atoms with van der Waals surface area (Å²) in [7, 11) is 0. The number of para-hydroxylation sites is 1. The highest BCUT2D eigenvalue weighted by molar-refractivity contribution is 6.32. The summed E-state index contributed by atoms with van der Waals surface area (Å²) in [5.74, 6) is 0.215. The summed E-state index contributed by atoms with van der Waals surface area (Å²) in [4.78, 5) is 12.3. The fraction of sp³-hybridized carbons (Fsp3) is 0.200. The molecule has 3 aromatic rings. The molecule has 1 aromatic heterocycles. The van der Waals surface area contributed by atoms with Crippen LogP contribution in [-0.2, 0) is 4.79 Å². The van der Waals surface area contributed by atoms with E-state index >= 15 is 0 Å². The largest absolute Gasteiger partial charge is 0.482 e. The minimum absolute atomic E-state index is 0.127. The average molecular weight is 370 g/mol. The Balaban J connectivity index is 1.72. The standard InChI is InChI=1S/C20H20ClN3O2/c1-13-8-10-16(11-9-13)24-15(3)20(14(2)23-24)22-19(25)12-26-18-7-5-4-6-17(18)21/h4-11H,12H2,1-3H3,(H,22,25). The minimum atomic E-state index is -0.264. The molecule has 1 amide bonds. The molecule has 0 saturated carbocycles. The Morgan fingerprint density at radius 1 is 1.12 bits per heavy atom. The third-order valence-corrected chi connectivity index (χ3v) is 4.34. The highest BCUT2D eigenvalue weighted by Crippen LogP contribution is 2.24. The number of ether oxygens (including phenoxy) is 1. The molecule has 2 aromatic carbocycles. The number of benzene rings is 2. The number of nitrogens with one attached hydrogen (secondary N) is 1. The average Bonchev–Trinajstić information content (AvgIpc) is 2.90. The van der Waals surface area contributed by atoms with Gasteiger partial charge in [0, 0.05) is 0 Å². The molecule has 0 spiro atoms. The molecule has 0 aliphatic heterocycles. The van der Waals surface area contributed by atoms with Gasteiger partial charge in [0.15, 0.2) is 6.61 Å². The fourth-order valence-corrected chi connectivity index (χ4v) is 2.83. The Hall–Kier alpha value is -2.79. The fourth-order valence-electron chi connectivity index (χ4n) is 2.64. The molecular formula is C20H20ClN3O2. The Bertz CT molecular complexity index is 933. The minimum Gasteiger partial charge on any atom is -0.482 e. The lowest BCUT2D eigenvalue weighted by Gasteiger charge is -2.09. The van der Waals surface area contributed by atoms with Gasteiger partial charge >= 0.3 is 0 Å². The summed E-state index contributed by atoms with van der Waals surface area (Å²) in [6.07, 6.45) is 0. The Morgan fingerprint density at radius 2 is 1.81 bits per heavy atom. The van der Waals surface area contributed by atoms with Gasteiger partial charge in [-0.1, -0.05) is 41.4 Å². The van der Waals surface area contributed by atoms with Crippen LogP contribution in [0.25, 0.3) is 5.69 Å². The van der Waals surface area contributed by atoms with Crippen LogP contribution in [0.2, 0.25) is 5.02 Å². The molecule has 3 rings (SSSR count). The highest BCUT2D eigenvalue weighted by atomic mass is 35.5. The van der Waals surface area contributed by atoms with E-state index in [-0.39, 0.29) is 12.5 Å². The predicted octanol–water partition coefficient (Wildman–Crippen LogP) is 4.47. The number of nitrogens with zero attached hydrogens (tertiary/aromatic N) is 2. The second-order valence-electron chi connectivity index (χ2n) is 6.06. The van der Waals surface area contributed by atoms with Crippen LogP contribution in [0.3, 0.4) is 0 Å². The first-order valence-electron chi connectivity index (χ1n) is 8.26. The number of anilines is 1. The monoisotopic (exact) mass is 369 g/mol. The highest BCUT2D eigenvalue weighted by Gasteiger charge is 2.15. The molecule has 1 N–H and O–H groups in total. The van der Waals surface area contributed by atoms with Crippen LogP contribution in [0.15, 0.2) is 48.5 Å². The SMILES string of the molecule is Cc1ccc(-n2nc(C)c(NC(=O)COc3ccccc3Cl)c2C)cc1. The molecule has 0 atom stereocenters. The molecule has 0 bridgehead atoms. The van der Waals surface area contributed by atoms with E-state index in [1.165, 1.54) is 5.56 Å². The molecule has 0 aliphatic carbocycles. The first kappa shape index (κ1) is 18.0. The summed E-state index contributed by atoms with van der Waals surface area (Å²) in [6, 6.07) is 15.1. The van der Waals surface area contributed by atoms with E-state index in [2.05, 4.69) is 10.4 Å². The van der Waals surface area contributed by atoms with Crippen LogP contribution in [0, 0.1) is 20.8 Å².